The molecule has 3 N–H and O–H groups in total. The molecule has 0 unspecified atom stereocenters. The van der Waals surface area contributed by atoms with E-state index in [0.29, 0.717) is 16.3 Å². The molecular formula is C16H13Cl2N3O2S. The molecule has 0 aliphatic rings. The van der Waals surface area contributed by atoms with Gasteiger partial charge in [0, 0.05) is 12.1 Å². The molecule has 24 heavy (non-hydrogen) atoms. The fourth-order valence-electron chi connectivity index (χ4n) is 1.92. The summed E-state index contributed by atoms with van der Waals surface area (Å²) in [6.07, 6.45) is 0. The van der Waals surface area contributed by atoms with Gasteiger partial charge in [-0.05, 0) is 42.5 Å². The molecule has 0 aliphatic heterocycles. The highest BCUT2D eigenvalue weighted by molar-refractivity contribution is 7.80. The van der Waals surface area contributed by atoms with E-state index in [-0.39, 0.29) is 21.6 Å². The molecule has 2 rings (SSSR count). The summed E-state index contributed by atoms with van der Waals surface area (Å²) in [5, 5.41) is 8.56. The molecule has 0 aromatic heterocycles. The van der Waals surface area contributed by atoms with Gasteiger partial charge in [-0.3, -0.25) is 14.9 Å². The van der Waals surface area contributed by atoms with Crippen molar-refractivity contribution in [2.45, 2.75) is 0 Å². The molecule has 2 aromatic carbocycles. The van der Waals surface area contributed by atoms with E-state index in [1.807, 2.05) is 0 Å². The molecule has 8 heteroatoms. The number of hydrogen-bond acceptors (Lipinski definition) is 3. The zero-order chi connectivity index (χ0) is 17.7. The Bertz CT molecular complexity index is 812. The van der Waals surface area contributed by atoms with E-state index < -0.39 is 5.91 Å². The molecule has 0 saturated carbocycles. The molecule has 0 heterocycles. The number of rotatable bonds is 3. The Morgan fingerprint density at radius 3 is 2.38 bits per heavy atom. The van der Waals surface area contributed by atoms with Gasteiger partial charge in [-0.15, -0.1) is 0 Å². The summed E-state index contributed by atoms with van der Waals surface area (Å²) in [4.78, 5) is 24.0. The molecule has 0 spiro atoms. The van der Waals surface area contributed by atoms with Crippen LogP contribution in [0.4, 0.5) is 5.69 Å². The van der Waals surface area contributed by atoms with Gasteiger partial charge in [0.05, 0.1) is 21.8 Å². The zero-order valence-corrected chi connectivity index (χ0v) is 14.9. The molecular weight excluding hydrogens is 369 g/mol. The normalized spacial score (nSPS) is 9.96. The smallest absolute Gasteiger partial charge is 0.258 e. The summed E-state index contributed by atoms with van der Waals surface area (Å²) in [5.41, 5.74) is 1.12. The second-order valence-electron chi connectivity index (χ2n) is 4.66. The van der Waals surface area contributed by atoms with E-state index in [4.69, 9.17) is 35.4 Å². The second kappa shape index (κ2) is 8.10. The lowest BCUT2D eigenvalue weighted by Gasteiger charge is -2.13. The maximum absolute atomic E-state index is 12.2. The minimum absolute atomic E-state index is 0.0439. The third-order valence-electron chi connectivity index (χ3n) is 3.05. The maximum Gasteiger partial charge on any atom is 0.258 e. The monoisotopic (exact) mass is 381 g/mol. The summed E-state index contributed by atoms with van der Waals surface area (Å²) in [5.74, 6) is -0.750. The third-order valence-corrected chi connectivity index (χ3v) is 3.80. The highest BCUT2D eigenvalue weighted by Crippen LogP contribution is 2.21. The lowest BCUT2D eigenvalue weighted by Crippen LogP contribution is -2.35. The number of anilines is 1. The number of hydrogen-bond donors (Lipinski definition) is 3. The first-order valence-electron chi connectivity index (χ1n) is 6.81. The van der Waals surface area contributed by atoms with E-state index in [1.54, 1.807) is 30.3 Å². The Morgan fingerprint density at radius 2 is 1.71 bits per heavy atom. The van der Waals surface area contributed by atoms with Crippen LogP contribution in [0.15, 0.2) is 42.5 Å². The average molecular weight is 382 g/mol. The summed E-state index contributed by atoms with van der Waals surface area (Å²) >= 11 is 16.9. The maximum atomic E-state index is 12.2. The van der Waals surface area contributed by atoms with Crippen molar-refractivity contribution in [2.24, 2.45) is 0 Å². The van der Waals surface area contributed by atoms with Crippen molar-refractivity contribution in [1.82, 2.24) is 10.6 Å². The molecule has 0 bridgehead atoms. The van der Waals surface area contributed by atoms with Crippen LogP contribution in [-0.4, -0.2) is 24.0 Å². The van der Waals surface area contributed by atoms with Gasteiger partial charge in [0.25, 0.3) is 11.8 Å². The molecule has 0 fully saturated rings. The lowest BCUT2D eigenvalue weighted by molar-refractivity contribution is 0.0961. The lowest BCUT2D eigenvalue weighted by atomic mass is 10.1. The van der Waals surface area contributed by atoms with Crippen molar-refractivity contribution in [1.29, 1.82) is 0 Å². The number of halogens is 2. The number of benzene rings is 2. The van der Waals surface area contributed by atoms with E-state index in [2.05, 4.69) is 16.0 Å². The first-order chi connectivity index (χ1) is 11.4. The van der Waals surface area contributed by atoms with E-state index in [1.165, 1.54) is 19.2 Å². The van der Waals surface area contributed by atoms with Crippen LogP contribution in [0, 0.1) is 0 Å². The Labute approximate surface area is 154 Å². The molecule has 124 valence electrons. The number of carbonyl (C=O) groups is 2. The van der Waals surface area contributed by atoms with Gasteiger partial charge in [0.1, 0.15) is 0 Å². The van der Waals surface area contributed by atoms with Gasteiger partial charge >= 0.3 is 0 Å². The minimum atomic E-state index is -0.480. The van der Waals surface area contributed by atoms with Crippen molar-refractivity contribution in [3.05, 3.63) is 63.6 Å². The van der Waals surface area contributed by atoms with E-state index >= 15 is 0 Å². The largest absolute Gasteiger partial charge is 0.355 e. The van der Waals surface area contributed by atoms with Crippen LogP contribution in [0.1, 0.15) is 20.7 Å². The van der Waals surface area contributed by atoms with Crippen molar-refractivity contribution in [3.63, 3.8) is 0 Å². The highest BCUT2D eigenvalue weighted by Gasteiger charge is 2.14. The predicted octanol–water partition coefficient (Wildman–Crippen LogP) is 3.48. The van der Waals surface area contributed by atoms with E-state index in [9.17, 15) is 9.59 Å². The van der Waals surface area contributed by atoms with E-state index in [0.717, 1.165) is 0 Å². The van der Waals surface area contributed by atoms with Crippen LogP contribution in [-0.2, 0) is 0 Å². The van der Waals surface area contributed by atoms with Gasteiger partial charge < -0.3 is 10.6 Å². The number of amides is 2. The Hall–Kier alpha value is -2.15. The fraction of sp³-hybridized carbons (Fsp3) is 0.0625. The second-order valence-corrected chi connectivity index (χ2v) is 5.91. The predicted molar refractivity (Wildman–Crippen MR) is 100.0 cm³/mol. The first-order valence-corrected chi connectivity index (χ1v) is 7.97. The van der Waals surface area contributed by atoms with Crippen LogP contribution >= 0.6 is 35.4 Å². The number of carbonyl (C=O) groups excluding carboxylic acids is 2. The van der Waals surface area contributed by atoms with Crippen molar-refractivity contribution < 1.29 is 9.59 Å². The van der Waals surface area contributed by atoms with Gasteiger partial charge in [-0.2, -0.15) is 0 Å². The topological polar surface area (TPSA) is 70.2 Å². The Balaban J connectivity index is 2.11. The molecule has 0 saturated heterocycles. The molecule has 2 aromatic rings. The minimum Gasteiger partial charge on any atom is -0.355 e. The van der Waals surface area contributed by atoms with Crippen LogP contribution in [0.3, 0.4) is 0 Å². The average Bonchev–Trinajstić information content (AvgIpc) is 2.54. The fourth-order valence-corrected chi connectivity index (χ4v) is 2.62. The summed E-state index contributed by atoms with van der Waals surface area (Å²) in [6, 6.07) is 11.3. The van der Waals surface area contributed by atoms with Gasteiger partial charge in [-0.1, -0.05) is 35.3 Å². The third kappa shape index (κ3) is 4.44. The molecule has 5 nitrogen and oxygen atoms in total. The number of thiocarbonyl (C=S) groups is 1. The van der Waals surface area contributed by atoms with Crippen molar-refractivity contribution >= 4 is 58.0 Å². The van der Waals surface area contributed by atoms with Gasteiger partial charge in [-0.25, -0.2) is 0 Å². The van der Waals surface area contributed by atoms with Gasteiger partial charge in [0.15, 0.2) is 5.11 Å². The van der Waals surface area contributed by atoms with Crippen LogP contribution in [0.25, 0.3) is 0 Å². The van der Waals surface area contributed by atoms with Gasteiger partial charge in [0.2, 0.25) is 0 Å². The Morgan fingerprint density at radius 1 is 1.00 bits per heavy atom. The molecule has 0 aliphatic carbocycles. The summed E-state index contributed by atoms with van der Waals surface area (Å²) in [7, 11) is 1.53. The van der Waals surface area contributed by atoms with Crippen LogP contribution in [0.2, 0.25) is 10.0 Å². The quantitative estimate of drug-likeness (QED) is 0.711. The highest BCUT2D eigenvalue weighted by atomic mass is 35.5. The zero-order valence-electron chi connectivity index (χ0n) is 12.5. The summed E-state index contributed by atoms with van der Waals surface area (Å²) < 4.78 is 0. The SMILES string of the molecule is CNC(=O)c1ccccc1NC(=S)NC(=O)c1ccc(Cl)cc1Cl. The molecule has 0 radical (unpaired) electrons. The Kier molecular flexibility index (Phi) is 6.14. The molecule has 0 atom stereocenters. The summed E-state index contributed by atoms with van der Waals surface area (Å²) in [6.45, 7) is 0. The number of para-hydroxylation sites is 1. The molecule has 2 amide bonds. The number of nitrogens with one attached hydrogen (secondary N) is 3. The van der Waals surface area contributed by atoms with Crippen molar-refractivity contribution in [2.75, 3.05) is 12.4 Å². The van der Waals surface area contributed by atoms with Crippen molar-refractivity contribution in [3.8, 4) is 0 Å². The first kappa shape index (κ1) is 18.2. The van der Waals surface area contributed by atoms with Crippen LogP contribution in [0.5, 0.6) is 0 Å². The van der Waals surface area contributed by atoms with Crippen LogP contribution < -0.4 is 16.0 Å². The standard InChI is InChI=1S/C16H13Cl2N3O2S/c1-19-14(22)11-4-2-3-5-13(11)20-16(24)21-15(23)10-7-6-9(17)8-12(10)18/h2-8H,1H3,(H,19,22)(H2,20,21,23,24).